The Balaban J connectivity index is 3.22. The molecule has 0 unspecified atom stereocenters. The van der Waals surface area contributed by atoms with Crippen LogP contribution in [0.15, 0.2) is 23.1 Å². The van der Waals surface area contributed by atoms with Crippen molar-refractivity contribution in [2.75, 3.05) is 12.8 Å². The van der Waals surface area contributed by atoms with Gasteiger partial charge in [0.25, 0.3) is 0 Å². The monoisotopic (exact) mass is 241 g/mol. The summed E-state index contributed by atoms with van der Waals surface area (Å²) in [5.41, 5.74) is 1.94. The number of benzene rings is 1. The van der Waals surface area contributed by atoms with E-state index in [4.69, 9.17) is 0 Å². The van der Waals surface area contributed by atoms with Gasteiger partial charge in [-0.1, -0.05) is 24.6 Å². The smallest absolute Gasteiger partial charge is 0.178 e. The van der Waals surface area contributed by atoms with Crippen LogP contribution in [0.3, 0.4) is 0 Å². The third kappa shape index (κ3) is 3.06. The summed E-state index contributed by atoms with van der Waals surface area (Å²) in [6.45, 7) is 4.43. The molecule has 0 saturated heterocycles. The van der Waals surface area contributed by atoms with Gasteiger partial charge in [0.05, 0.1) is 10.6 Å². The maximum Gasteiger partial charge on any atom is 0.178 e. The van der Waals surface area contributed by atoms with Gasteiger partial charge in [0.1, 0.15) is 0 Å². The molecule has 0 fully saturated rings. The number of sulfone groups is 1. The van der Waals surface area contributed by atoms with Gasteiger partial charge in [-0.15, -0.1) is 0 Å². The van der Waals surface area contributed by atoms with Gasteiger partial charge in [-0.2, -0.15) is 0 Å². The van der Waals surface area contributed by atoms with Crippen LogP contribution in [0.1, 0.15) is 24.5 Å². The first kappa shape index (κ1) is 13.2. The van der Waals surface area contributed by atoms with Crippen LogP contribution < -0.4 is 5.32 Å². The van der Waals surface area contributed by atoms with Crippen molar-refractivity contribution in [1.82, 2.24) is 5.32 Å². The van der Waals surface area contributed by atoms with Gasteiger partial charge in [0.15, 0.2) is 9.84 Å². The second-order valence-electron chi connectivity index (χ2n) is 3.96. The highest BCUT2D eigenvalue weighted by Gasteiger charge is 2.17. The molecule has 3 nitrogen and oxygen atoms in total. The maximum atomic E-state index is 12.0. The zero-order valence-electron chi connectivity index (χ0n) is 10.1. The third-order valence-corrected chi connectivity index (χ3v) is 4.41. The Morgan fingerprint density at radius 1 is 1.31 bits per heavy atom. The van der Waals surface area contributed by atoms with Crippen molar-refractivity contribution in [3.05, 3.63) is 29.3 Å². The minimum absolute atomic E-state index is 0.215. The van der Waals surface area contributed by atoms with Crippen molar-refractivity contribution in [3.8, 4) is 0 Å². The van der Waals surface area contributed by atoms with E-state index in [0.717, 1.165) is 11.1 Å². The van der Waals surface area contributed by atoms with Crippen LogP contribution in [0, 0.1) is 6.92 Å². The molecule has 0 saturated carbocycles. The van der Waals surface area contributed by atoms with Gasteiger partial charge in [0, 0.05) is 6.54 Å². The molecule has 0 spiro atoms. The van der Waals surface area contributed by atoms with Gasteiger partial charge in [-0.3, -0.25) is 0 Å². The molecule has 1 rings (SSSR count). The molecular weight excluding hydrogens is 222 g/mol. The average molecular weight is 241 g/mol. The molecule has 1 aromatic carbocycles. The first-order chi connectivity index (χ1) is 7.51. The molecule has 1 aromatic rings. The molecule has 16 heavy (non-hydrogen) atoms. The van der Waals surface area contributed by atoms with Crippen LogP contribution >= 0.6 is 0 Å². The molecule has 0 aliphatic heterocycles. The second kappa shape index (κ2) is 5.46. The van der Waals surface area contributed by atoms with E-state index in [2.05, 4.69) is 5.32 Å². The summed E-state index contributed by atoms with van der Waals surface area (Å²) in [7, 11) is -1.30. The molecule has 4 heteroatoms. The predicted molar refractivity (Wildman–Crippen MR) is 66.3 cm³/mol. The molecule has 0 amide bonds. The number of hydrogen-bond acceptors (Lipinski definition) is 3. The fourth-order valence-electron chi connectivity index (χ4n) is 1.72. The highest BCUT2D eigenvalue weighted by atomic mass is 32.2. The van der Waals surface area contributed by atoms with Crippen molar-refractivity contribution in [2.45, 2.75) is 31.7 Å². The fourth-order valence-corrected chi connectivity index (χ4v) is 3.28. The minimum Gasteiger partial charge on any atom is -0.316 e. The Kier molecular flexibility index (Phi) is 4.50. The zero-order chi connectivity index (χ0) is 12.2. The van der Waals surface area contributed by atoms with Crippen LogP contribution in [0.5, 0.6) is 0 Å². The quantitative estimate of drug-likeness (QED) is 0.856. The molecule has 90 valence electrons. The maximum absolute atomic E-state index is 12.0. The Hall–Kier alpha value is -0.870. The van der Waals surface area contributed by atoms with Gasteiger partial charge in [-0.05, 0) is 32.0 Å². The van der Waals surface area contributed by atoms with Gasteiger partial charge < -0.3 is 5.32 Å². The van der Waals surface area contributed by atoms with E-state index in [1.54, 1.807) is 6.07 Å². The lowest BCUT2D eigenvalue weighted by Crippen LogP contribution is -2.13. The molecule has 0 bridgehead atoms. The molecule has 0 aliphatic carbocycles. The van der Waals surface area contributed by atoms with E-state index >= 15 is 0 Å². The van der Waals surface area contributed by atoms with Crippen molar-refractivity contribution in [3.63, 3.8) is 0 Å². The number of hydrogen-bond donors (Lipinski definition) is 1. The summed E-state index contributed by atoms with van der Waals surface area (Å²) in [5.74, 6) is 0.215. The van der Waals surface area contributed by atoms with Gasteiger partial charge >= 0.3 is 0 Å². The Morgan fingerprint density at radius 3 is 2.56 bits per heavy atom. The van der Waals surface area contributed by atoms with Crippen LogP contribution in [-0.4, -0.2) is 21.2 Å². The fraction of sp³-hybridized carbons (Fsp3) is 0.500. The highest BCUT2D eigenvalue weighted by molar-refractivity contribution is 7.91. The Morgan fingerprint density at radius 2 is 2.00 bits per heavy atom. The SMILES string of the molecule is CCCS(=O)(=O)c1ccc(C)cc1CNC. The van der Waals surface area contributed by atoms with Crippen LogP contribution in [0.4, 0.5) is 0 Å². The molecule has 0 radical (unpaired) electrons. The number of aryl methyl sites for hydroxylation is 1. The zero-order valence-corrected chi connectivity index (χ0v) is 10.9. The normalized spacial score (nSPS) is 11.7. The lowest BCUT2D eigenvalue weighted by Gasteiger charge is -2.10. The van der Waals surface area contributed by atoms with Crippen LogP contribution in [-0.2, 0) is 16.4 Å². The van der Waals surface area contributed by atoms with Gasteiger partial charge in [-0.25, -0.2) is 8.42 Å². The third-order valence-electron chi connectivity index (χ3n) is 2.39. The summed E-state index contributed by atoms with van der Waals surface area (Å²) in [6, 6.07) is 5.49. The van der Waals surface area contributed by atoms with Crippen LogP contribution in [0.25, 0.3) is 0 Å². The van der Waals surface area contributed by atoms with Crippen molar-refractivity contribution >= 4 is 9.84 Å². The number of rotatable bonds is 5. The van der Waals surface area contributed by atoms with E-state index in [0.29, 0.717) is 17.9 Å². The Labute approximate surface area is 97.8 Å². The van der Waals surface area contributed by atoms with Crippen molar-refractivity contribution < 1.29 is 8.42 Å². The summed E-state index contributed by atoms with van der Waals surface area (Å²) >= 11 is 0. The van der Waals surface area contributed by atoms with Crippen molar-refractivity contribution in [1.29, 1.82) is 0 Å². The molecule has 0 aromatic heterocycles. The van der Waals surface area contributed by atoms with E-state index in [1.165, 1.54) is 0 Å². The average Bonchev–Trinajstić information content (AvgIpc) is 2.17. The minimum atomic E-state index is -3.12. The first-order valence-electron chi connectivity index (χ1n) is 5.48. The van der Waals surface area contributed by atoms with E-state index in [9.17, 15) is 8.42 Å². The largest absolute Gasteiger partial charge is 0.316 e. The Bertz CT molecular complexity index is 452. The van der Waals surface area contributed by atoms with Crippen LogP contribution in [0.2, 0.25) is 0 Å². The first-order valence-corrected chi connectivity index (χ1v) is 7.13. The number of nitrogens with one attached hydrogen (secondary N) is 1. The lowest BCUT2D eigenvalue weighted by molar-refractivity contribution is 0.592. The van der Waals surface area contributed by atoms with E-state index in [-0.39, 0.29) is 5.75 Å². The molecular formula is C12H19NO2S. The molecule has 0 aliphatic rings. The second-order valence-corrected chi connectivity index (χ2v) is 6.04. The van der Waals surface area contributed by atoms with Crippen molar-refractivity contribution in [2.24, 2.45) is 0 Å². The highest BCUT2D eigenvalue weighted by Crippen LogP contribution is 2.19. The standard InChI is InChI=1S/C12H19NO2S/c1-4-7-16(14,15)12-6-5-10(2)8-11(12)9-13-3/h5-6,8,13H,4,7,9H2,1-3H3. The summed E-state index contributed by atoms with van der Waals surface area (Å²) in [4.78, 5) is 0.467. The molecule has 0 heterocycles. The van der Waals surface area contributed by atoms with E-state index in [1.807, 2.05) is 33.0 Å². The summed E-state index contributed by atoms with van der Waals surface area (Å²) in [5, 5.41) is 3.00. The summed E-state index contributed by atoms with van der Waals surface area (Å²) in [6.07, 6.45) is 0.648. The summed E-state index contributed by atoms with van der Waals surface area (Å²) < 4.78 is 24.0. The van der Waals surface area contributed by atoms with E-state index < -0.39 is 9.84 Å². The predicted octanol–water partition coefficient (Wildman–Crippen LogP) is 1.90. The molecule has 0 atom stereocenters. The topological polar surface area (TPSA) is 46.2 Å². The van der Waals surface area contributed by atoms with Gasteiger partial charge in [0.2, 0.25) is 0 Å². The molecule has 1 N–H and O–H groups in total. The lowest BCUT2D eigenvalue weighted by atomic mass is 10.1.